The first-order chi connectivity index (χ1) is 9.02. The first-order valence-corrected chi connectivity index (χ1v) is 7.20. The van der Waals surface area contributed by atoms with Gasteiger partial charge in [-0.1, -0.05) is 27.7 Å². The summed E-state index contributed by atoms with van der Waals surface area (Å²) in [7, 11) is 0. The molecule has 0 aromatic carbocycles. The molecule has 19 heavy (non-hydrogen) atoms. The molecule has 2 rings (SSSR count). The van der Waals surface area contributed by atoms with E-state index < -0.39 is 0 Å². The van der Waals surface area contributed by atoms with Crippen LogP contribution in [0.4, 0.5) is 0 Å². The molecule has 0 saturated heterocycles. The fraction of sp³-hybridized carbons (Fsp3) is 0.400. The van der Waals surface area contributed by atoms with E-state index in [2.05, 4.69) is 38.7 Å². The van der Waals surface area contributed by atoms with Crippen molar-refractivity contribution >= 4 is 11.3 Å². The molecule has 0 saturated carbocycles. The molecule has 2 aromatic heterocycles. The summed E-state index contributed by atoms with van der Waals surface area (Å²) in [6.07, 6.45) is 3.34. The predicted molar refractivity (Wildman–Crippen MR) is 78.2 cm³/mol. The maximum Gasteiger partial charge on any atom is 0.125 e. The molecule has 0 unspecified atom stereocenters. The van der Waals surface area contributed by atoms with E-state index in [0.717, 1.165) is 16.3 Å². The van der Waals surface area contributed by atoms with Crippen molar-refractivity contribution in [1.29, 1.82) is 5.26 Å². The van der Waals surface area contributed by atoms with Gasteiger partial charge >= 0.3 is 0 Å². The minimum absolute atomic E-state index is 0.412. The van der Waals surface area contributed by atoms with Gasteiger partial charge in [0.1, 0.15) is 11.1 Å². The highest BCUT2D eigenvalue weighted by atomic mass is 32.1. The van der Waals surface area contributed by atoms with Gasteiger partial charge in [-0.3, -0.25) is 4.98 Å². The second-order valence-corrected chi connectivity index (χ2v) is 6.18. The molecule has 0 aliphatic carbocycles. The molecule has 0 atom stereocenters. The Labute approximate surface area is 118 Å². The van der Waals surface area contributed by atoms with E-state index in [1.54, 1.807) is 23.7 Å². The number of thiazole rings is 1. The van der Waals surface area contributed by atoms with Gasteiger partial charge in [0, 0.05) is 22.8 Å². The Balaban J connectivity index is 2.51. The van der Waals surface area contributed by atoms with Crippen molar-refractivity contribution in [2.75, 3.05) is 0 Å². The highest BCUT2D eigenvalue weighted by Crippen LogP contribution is 2.35. The van der Waals surface area contributed by atoms with E-state index in [9.17, 15) is 0 Å². The molecule has 3 nitrogen and oxygen atoms in total. The first-order valence-electron chi connectivity index (χ1n) is 6.39. The van der Waals surface area contributed by atoms with Crippen LogP contribution in [0.3, 0.4) is 0 Å². The molecule has 2 aromatic rings. The van der Waals surface area contributed by atoms with Crippen molar-refractivity contribution in [2.24, 2.45) is 0 Å². The van der Waals surface area contributed by atoms with Gasteiger partial charge in [-0.15, -0.1) is 11.3 Å². The third kappa shape index (κ3) is 2.82. The van der Waals surface area contributed by atoms with Gasteiger partial charge in [0.25, 0.3) is 0 Å². The van der Waals surface area contributed by atoms with Crippen LogP contribution < -0.4 is 0 Å². The molecule has 4 heteroatoms. The van der Waals surface area contributed by atoms with Gasteiger partial charge in [-0.05, 0) is 17.9 Å². The molecule has 0 aliphatic rings. The number of rotatable bonds is 3. The maximum atomic E-state index is 8.94. The molecular weight excluding hydrogens is 254 g/mol. The summed E-state index contributed by atoms with van der Waals surface area (Å²) < 4.78 is 0. The van der Waals surface area contributed by atoms with Crippen LogP contribution in [0.15, 0.2) is 18.5 Å². The standard InChI is InChI=1S/C15H17N3S/c1-9(2)13-14(10(3)4)19-15(18-13)12-5-11(6-16)7-17-8-12/h5,7-10H,1-4H3. The lowest BCUT2D eigenvalue weighted by molar-refractivity contribution is 0.781. The third-order valence-corrected chi connectivity index (χ3v) is 4.29. The lowest BCUT2D eigenvalue weighted by Gasteiger charge is -2.07. The zero-order valence-corrected chi connectivity index (χ0v) is 12.5. The SMILES string of the molecule is CC(C)c1nc(-c2cncc(C#N)c2)sc1C(C)C. The molecule has 0 N–H and O–H groups in total. The highest BCUT2D eigenvalue weighted by molar-refractivity contribution is 7.15. The average molecular weight is 271 g/mol. The molecule has 0 amide bonds. The summed E-state index contributed by atoms with van der Waals surface area (Å²) in [5, 5.41) is 9.89. The molecule has 0 spiro atoms. The number of hydrogen-bond donors (Lipinski definition) is 0. The van der Waals surface area contributed by atoms with Crippen molar-refractivity contribution in [1.82, 2.24) is 9.97 Å². The van der Waals surface area contributed by atoms with Crippen LogP contribution in [0, 0.1) is 11.3 Å². The van der Waals surface area contributed by atoms with Gasteiger partial charge in [-0.25, -0.2) is 4.98 Å². The van der Waals surface area contributed by atoms with Crippen LogP contribution in [-0.4, -0.2) is 9.97 Å². The van der Waals surface area contributed by atoms with E-state index in [1.807, 2.05) is 6.07 Å². The zero-order valence-electron chi connectivity index (χ0n) is 11.6. The zero-order chi connectivity index (χ0) is 14.0. The second-order valence-electron chi connectivity index (χ2n) is 5.15. The van der Waals surface area contributed by atoms with Crippen LogP contribution in [0.2, 0.25) is 0 Å². The number of pyridine rings is 1. The summed E-state index contributed by atoms with van der Waals surface area (Å²) in [5.74, 6) is 0.880. The van der Waals surface area contributed by atoms with Crippen LogP contribution in [0.25, 0.3) is 10.6 Å². The van der Waals surface area contributed by atoms with Crippen molar-refractivity contribution in [3.05, 3.63) is 34.6 Å². The molecular formula is C15H17N3S. The minimum Gasteiger partial charge on any atom is -0.263 e. The molecule has 0 fully saturated rings. The smallest absolute Gasteiger partial charge is 0.125 e. The van der Waals surface area contributed by atoms with Crippen molar-refractivity contribution in [3.8, 4) is 16.6 Å². The van der Waals surface area contributed by atoms with Crippen LogP contribution in [0.5, 0.6) is 0 Å². The second kappa shape index (κ2) is 5.50. The normalized spacial score (nSPS) is 11.0. The molecule has 0 bridgehead atoms. The van der Waals surface area contributed by atoms with Gasteiger partial charge < -0.3 is 0 Å². The van der Waals surface area contributed by atoms with Gasteiger partial charge in [-0.2, -0.15) is 5.26 Å². The molecule has 2 heterocycles. The quantitative estimate of drug-likeness (QED) is 0.835. The number of nitrogens with zero attached hydrogens (tertiary/aromatic N) is 3. The Morgan fingerprint density at radius 2 is 1.89 bits per heavy atom. The number of aromatic nitrogens is 2. The molecule has 0 radical (unpaired) electrons. The van der Waals surface area contributed by atoms with E-state index in [0.29, 0.717) is 17.4 Å². The van der Waals surface area contributed by atoms with Crippen LogP contribution in [0.1, 0.15) is 55.7 Å². The van der Waals surface area contributed by atoms with Gasteiger partial charge in [0.2, 0.25) is 0 Å². The van der Waals surface area contributed by atoms with Crippen LogP contribution in [-0.2, 0) is 0 Å². The van der Waals surface area contributed by atoms with E-state index >= 15 is 0 Å². The Kier molecular flexibility index (Phi) is 3.96. The van der Waals surface area contributed by atoms with Crippen molar-refractivity contribution in [3.63, 3.8) is 0 Å². The van der Waals surface area contributed by atoms with E-state index in [1.165, 1.54) is 4.88 Å². The molecule has 98 valence electrons. The molecule has 0 aliphatic heterocycles. The fourth-order valence-electron chi connectivity index (χ4n) is 1.91. The topological polar surface area (TPSA) is 49.6 Å². The van der Waals surface area contributed by atoms with E-state index in [4.69, 9.17) is 10.2 Å². The van der Waals surface area contributed by atoms with Crippen molar-refractivity contribution < 1.29 is 0 Å². The van der Waals surface area contributed by atoms with Gasteiger partial charge in [0.15, 0.2) is 0 Å². The van der Waals surface area contributed by atoms with E-state index in [-0.39, 0.29) is 0 Å². The highest BCUT2D eigenvalue weighted by Gasteiger charge is 2.17. The Bertz CT molecular complexity index is 595. The number of nitriles is 1. The largest absolute Gasteiger partial charge is 0.263 e. The first kappa shape index (κ1) is 13.7. The fourth-order valence-corrected chi connectivity index (χ4v) is 3.12. The van der Waals surface area contributed by atoms with Gasteiger partial charge in [0.05, 0.1) is 11.3 Å². The lowest BCUT2D eigenvalue weighted by atomic mass is 10.0. The summed E-state index contributed by atoms with van der Waals surface area (Å²) in [6, 6.07) is 3.97. The average Bonchev–Trinajstić information content (AvgIpc) is 2.84. The monoisotopic (exact) mass is 271 g/mol. The summed E-state index contributed by atoms with van der Waals surface area (Å²) in [5.41, 5.74) is 2.67. The minimum atomic E-state index is 0.412. The predicted octanol–water partition coefficient (Wildman–Crippen LogP) is 4.32. The lowest BCUT2D eigenvalue weighted by Crippen LogP contribution is -1.95. The Morgan fingerprint density at radius 3 is 2.42 bits per heavy atom. The Hall–Kier alpha value is -1.73. The third-order valence-electron chi connectivity index (χ3n) is 2.87. The van der Waals surface area contributed by atoms with Crippen molar-refractivity contribution in [2.45, 2.75) is 39.5 Å². The maximum absolute atomic E-state index is 8.94. The summed E-state index contributed by atoms with van der Waals surface area (Å²) in [6.45, 7) is 8.70. The Morgan fingerprint density at radius 1 is 1.16 bits per heavy atom. The number of hydrogen-bond acceptors (Lipinski definition) is 4. The van der Waals surface area contributed by atoms with Crippen LogP contribution >= 0.6 is 11.3 Å². The summed E-state index contributed by atoms with van der Waals surface area (Å²) >= 11 is 1.71. The summed E-state index contributed by atoms with van der Waals surface area (Å²) in [4.78, 5) is 10.2.